The zero-order valence-corrected chi connectivity index (χ0v) is 15.2. The lowest BCUT2D eigenvalue weighted by Gasteiger charge is -2.36. The van der Waals surface area contributed by atoms with Gasteiger partial charge in [-0.05, 0) is 12.8 Å². The van der Waals surface area contributed by atoms with E-state index < -0.39 is 56.3 Å². The summed E-state index contributed by atoms with van der Waals surface area (Å²) in [6.07, 6.45) is -0.460. The predicted molar refractivity (Wildman–Crippen MR) is 85.0 cm³/mol. The lowest BCUT2D eigenvalue weighted by atomic mass is 9.78. The van der Waals surface area contributed by atoms with E-state index in [1.807, 2.05) is 0 Å². The van der Waals surface area contributed by atoms with Crippen LogP contribution in [-0.2, 0) is 42.9 Å². The molecule has 3 fully saturated rings. The molecular weight excluding hydrogens is 368 g/mol. The van der Waals surface area contributed by atoms with Gasteiger partial charge in [-0.15, -0.1) is 0 Å². The topological polar surface area (TPSA) is 122 Å². The molecule has 0 aromatic heterocycles. The third-order valence-corrected chi connectivity index (χ3v) is 7.28. The summed E-state index contributed by atoms with van der Waals surface area (Å²) >= 11 is 0. The second-order valence-corrected chi connectivity index (χ2v) is 8.78. The Labute approximate surface area is 150 Å². The fourth-order valence-electron chi connectivity index (χ4n) is 4.59. The monoisotopic (exact) mass is 388 g/mol. The van der Waals surface area contributed by atoms with Gasteiger partial charge >= 0.3 is 17.9 Å². The summed E-state index contributed by atoms with van der Waals surface area (Å²) in [5.41, 5.74) is -1.97. The van der Waals surface area contributed by atoms with Crippen LogP contribution in [0.1, 0.15) is 26.7 Å². The maximum absolute atomic E-state index is 12.6. The van der Waals surface area contributed by atoms with Crippen LogP contribution in [0.3, 0.4) is 0 Å². The largest absolute Gasteiger partial charge is 0.465 e. The summed E-state index contributed by atoms with van der Waals surface area (Å²) in [4.78, 5) is 34.4. The van der Waals surface area contributed by atoms with E-state index in [1.54, 1.807) is 0 Å². The lowest BCUT2D eigenvalue weighted by molar-refractivity contribution is -0.159. The van der Waals surface area contributed by atoms with Crippen LogP contribution >= 0.6 is 0 Å². The first-order chi connectivity index (χ1) is 12.1. The number of carbonyl (C=O) groups is 3. The summed E-state index contributed by atoms with van der Waals surface area (Å²) < 4.78 is 46.1. The molecule has 3 aliphatic rings. The van der Waals surface area contributed by atoms with Crippen molar-refractivity contribution in [3.05, 3.63) is 12.7 Å². The molecule has 0 radical (unpaired) electrons. The number of rotatable bonds is 6. The molecule has 2 saturated carbocycles. The van der Waals surface area contributed by atoms with E-state index in [9.17, 15) is 22.8 Å². The third kappa shape index (κ3) is 2.71. The van der Waals surface area contributed by atoms with Gasteiger partial charge in [0.25, 0.3) is 10.1 Å². The van der Waals surface area contributed by atoms with Crippen LogP contribution in [0.25, 0.3) is 0 Å². The predicted octanol–water partition coefficient (Wildman–Crippen LogP) is 0.0878. The van der Waals surface area contributed by atoms with E-state index in [0.29, 0.717) is 0 Å². The first kappa shape index (κ1) is 18.8. The van der Waals surface area contributed by atoms with Crippen molar-refractivity contribution >= 4 is 28.0 Å². The molecule has 5 unspecified atom stereocenters. The Kier molecular flexibility index (Phi) is 4.39. The summed E-state index contributed by atoms with van der Waals surface area (Å²) in [5, 5.41) is -1.20. The van der Waals surface area contributed by atoms with Gasteiger partial charge in [-0.25, -0.2) is 4.79 Å². The molecule has 0 amide bonds. The van der Waals surface area contributed by atoms with Crippen LogP contribution in [-0.4, -0.2) is 57.0 Å². The molecule has 3 rings (SSSR count). The summed E-state index contributed by atoms with van der Waals surface area (Å²) in [6, 6.07) is 0. The number of hydrogen-bond acceptors (Lipinski definition) is 9. The van der Waals surface area contributed by atoms with Gasteiger partial charge in [0.15, 0.2) is 0 Å². The van der Waals surface area contributed by atoms with Crippen molar-refractivity contribution in [1.29, 1.82) is 0 Å². The van der Waals surface area contributed by atoms with Crippen LogP contribution in [0.4, 0.5) is 0 Å². The molecule has 2 aliphatic carbocycles. The van der Waals surface area contributed by atoms with Crippen LogP contribution in [0.15, 0.2) is 12.7 Å². The maximum Gasteiger partial charge on any atom is 0.330 e. The maximum atomic E-state index is 12.6. The Morgan fingerprint density at radius 3 is 2.38 bits per heavy atom. The van der Waals surface area contributed by atoms with E-state index in [1.165, 1.54) is 13.8 Å². The molecule has 9 nitrogen and oxygen atoms in total. The molecular formula is C16H20O9S. The van der Waals surface area contributed by atoms with E-state index in [2.05, 4.69) is 6.58 Å². The summed E-state index contributed by atoms with van der Waals surface area (Å²) in [6.45, 7) is 5.48. The van der Waals surface area contributed by atoms with Gasteiger partial charge in [-0.3, -0.25) is 13.8 Å². The minimum Gasteiger partial charge on any atom is -0.465 e. The molecule has 10 heteroatoms. The summed E-state index contributed by atoms with van der Waals surface area (Å²) in [7, 11) is -4.06. The van der Waals surface area contributed by atoms with Gasteiger partial charge in [0.1, 0.15) is 24.6 Å². The fourth-order valence-corrected chi connectivity index (χ4v) is 6.82. The van der Waals surface area contributed by atoms with Crippen molar-refractivity contribution in [2.24, 2.45) is 10.8 Å². The molecule has 1 saturated heterocycles. The van der Waals surface area contributed by atoms with Gasteiger partial charge in [0.2, 0.25) is 0 Å². The number of esters is 3. The average molecular weight is 388 g/mol. The molecule has 5 atom stereocenters. The van der Waals surface area contributed by atoms with Crippen molar-refractivity contribution in [3.8, 4) is 0 Å². The van der Waals surface area contributed by atoms with Gasteiger partial charge in [-0.1, -0.05) is 6.58 Å². The minimum atomic E-state index is -4.06. The highest BCUT2D eigenvalue weighted by atomic mass is 32.2. The Bertz CT molecular complexity index is 773. The van der Waals surface area contributed by atoms with Gasteiger partial charge in [0, 0.05) is 25.3 Å². The van der Waals surface area contributed by atoms with E-state index in [0.717, 1.165) is 6.08 Å². The third-order valence-electron chi connectivity index (χ3n) is 5.44. The van der Waals surface area contributed by atoms with E-state index in [4.69, 9.17) is 18.4 Å². The SMILES string of the molecule is C=CC(=O)OC1C2C3(COC(C)=O)CC1(COC(C)=O)CC3OS2(=O)=O. The van der Waals surface area contributed by atoms with Crippen molar-refractivity contribution in [3.63, 3.8) is 0 Å². The van der Waals surface area contributed by atoms with Crippen LogP contribution < -0.4 is 0 Å². The minimum absolute atomic E-state index is 0.120. The quantitative estimate of drug-likeness (QED) is 0.269. The number of ether oxygens (including phenoxy) is 3. The lowest BCUT2D eigenvalue weighted by Crippen LogP contribution is -2.51. The molecule has 0 spiro atoms. The highest BCUT2D eigenvalue weighted by Gasteiger charge is 2.80. The molecule has 0 N–H and O–H groups in total. The number of fused-ring (bicyclic) bond motifs is 1. The first-order valence-electron chi connectivity index (χ1n) is 8.08. The molecule has 1 aliphatic heterocycles. The van der Waals surface area contributed by atoms with Gasteiger partial charge in [-0.2, -0.15) is 8.42 Å². The molecule has 0 aromatic carbocycles. The zero-order chi connectivity index (χ0) is 19.3. The van der Waals surface area contributed by atoms with E-state index in [-0.39, 0.29) is 26.1 Å². The Morgan fingerprint density at radius 2 is 1.81 bits per heavy atom. The first-order valence-corrected chi connectivity index (χ1v) is 9.55. The summed E-state index contributed by atoms with van der Waals surface area (Å²) in [5.74, 6) is -1.88. The van der Waals surface area contributed by atoms with Crippen molar-refractivity contribution in [2.75, 3.05) is 13.2 Å². The van der Waals surface area contributed by atoms with Crippen molar-refractivity contribution in [2.45, 2.75) is 44.1 Å². The van der Waals surface area contributed by atoms with Crippen LogP contribution in [0, 0.1) is 10.8 Å². The highest BCUT2D eigenvalue weighted by Crippen LogP contribution is 2.69. The van der Waals surface area contributed by atoms with Crippen LogP contribution in [0.2, 0.25) is 0 Å². The van der Waals surface area contributed by atoms with Gasteiger partial charge < -0.3 is 14.2 Å². The normalized spacial score (nSPS) is 38.6. The average Bonchev–Trinajstić information content (AvgIpc) is 3.03. The zero-order valence-electron chi connectivity index (χ0n) is 14.4. The van der Waals surface area contributed by atoms with Crippen molar-refractivity contribution in [1.82, 2.24) is 0 Å². The fraction of sp³-hybridized carbons (Fsp3) is 0.688. The highest BCUT2D eigenvalue weighted by molar-refractivity contribution is 7.87. The Morgan fingerprint density at radius 1 is 1.19 bits per heavy atom. The molecule has 2 bridgehead atoms. The van der Waals surface area contributed by atoms with Gasteiger partial charge in [0.05, 0.1) is 11.5 Å². The number of carbonyl (C=O) groups excluding carboxylic acids is 3. The standard InChI is InChI=1S/C16H20O9S/c1-4-12(19)24-13-14-16(8-23-10(3)18)6-15(13,7-22-9(2)17)5-11(16)25-26(14,20)21/h4,11,13-14H,1,5-8H2,2-3H3. The molecule has 26 heavy (non-hydrogen) atoms. The van der Waals surface area contributed by atoms with Crippen LogP contribution in [0.5, 0.6) is 0 Å². The smallest absolute Gasteiger partial charge is 0.330 e. The van der Waals surface area contributed by atoms with Crippen molar-refractivity contribution < 1.29 is 41.2 Å². The Hall–Kier alpha value is -1.94. The number of hydrogen-bond donors (Lipinski definition) is 0. The van der Waals surface area contributed by atoms with E-state index >= 15 is 0 Å². The Balaban J connectivity index is 2.03. The second-order valence-electron chi connectivity index (χ2n) is 7.10. The molecule has 0 aromatic rings. The molecule has 1 heterocycles. The second kappa shape index (κ2) is 6.05. The molecule has 144 valence electrons.